The van der Waals surface area contributed by atoms with E-state index in [1.165, 1.54) is 15.6 Å². The normalized spacial score (nSPS) is 13.6. The lowest BCUT2D eigenvalue weighted by Gasteiger charge is -2.21. The maximum atomic E-state index is 12.9. The molecule has 0 fully saturated rings. The number of benzene rings is 1. The molecular weight excluding hydrogens is 332 g/mol. The van der Waals surface area contributed by atoms with Gasteiger partial charge in [0.25, 0.3) is 0 Å². The van der Waals surface area contributed by atoms with E-state index in [1.807, 2.05) is 23.6 Å². The Bertz CT molecular complexity index is 824. The molecule has 1 aromatic heterocycles. The summed E-state index contributed by atoms with van der Waals surface area (Å²) in [6.07, 6.45) is 0.889. The molecule has 0 amide bonds. The van der Waals surface area contributed by atoms with Gasteiger partial charge in [-0.25, -0.2) is 8.42 Å². The van der Waals surface area contributed by atoms with Crippen molar-refractivity contribution in [2.24, 2.45) is 0 Å². The molecule has 0 spiro atoms. The molecule has 0 saturated heterocycles. The Morgan fingerprint density at radius 1 is 1.35 bits per heavy atom. The predicted molar refractivity (Wildman–Crippen MR) is 87.8 cm³/mol. The topological polar surface area (TPSA) is 70.4 Å². The first-order chi connectivity index (χ1) is 11.1. The monoisotopic (exact) mass is 348 g/mol. The molecule has 2 aromatic rings. The van der Waals surface area contributed by atoms with Crippen LogP contribution in [0.15, 0.2) is 40.6 Å². The number of nitriles is 1. The van der Waals surface area contributed by atoms with Gasteiger partial charge in [0.15, 0.2) is 0 Å². The van der Waals surface area contributed by atoms with E-state index in [4.69, 9.17) is 10.00 Å². The minimum atomic E-state index is -3.64. The van der Waals surface area contributed by atoms with Crippen LogP contribution in [0.3, 0.4) is 0 Å². The summed E-state index contributed by atoms with van der Waals surface area (Å²) in [5.74, 6) is 0.755. The van der Waals surface area contributed by atoms with E-state index in [9.17, 15) is 8.42 Å². The van der Waals surface area contributed by atoms with Gasteiger partial charge in [0, 0.05) is 30.8 Å². The van der Waals surface area contributed by atoms with Crippen molar-refractivity contribution in [3.05, 3.63) is 46.2 Å². The molecule has 3 rings (SSSR count). The van der Waals surface area contributed by atoms with E-state index < -0.39 is 10.0 Å². The van der Waals surface area contributed by atoms with Crippen LogP contribution in [0.4, 0.5) is 0 Å². The zero-order valence-electron chi connectivity index (χ0n) is 12.4. The molecule has 0 N–H and O–H groups in total. The summed E-state index contributed by atoms with van der Waals surface area (Å²) in [6.45, 7) is 1.06. The molecule has 5 nitrogen and oxygen atoms in total. The fraction of sp³-hybridized carbons (Fsp3) is 0.312. The highest BCUT2D eigenvalue weighted by Gasteiger charge is 2.26. The van der Waals surface area contributed by atoms with Crippen molar-refractivity contribution >= 4 is 21.4 Å². The minimum absolute atomic E-state index is 0.165. The molecule has 0 radical (unpaired) electrons. The number of nitrogens with zero attached hydrogens (tertiary/aromatic N) is 2. The van der Waals surface area contributed by atoms with Crippen LogP contribution in [0.1, 0.15) is 16.9 Å². The zero-order valence-corrected chi connectivity index (χ0v) is 14.1. The Balaban J connectivity index is 1.91. The number of hydrogen-bond donors (Lipinski definition) is 0. The first-order valence-electron chi connectivity index (χ1n) is 7.26. The number of fused-ring (bicyclic) bond motifs is 1. The Kier molecular flexibility index (Phi) is 4.66. The summed E-state index contributed by atoms with van der Waals surface area (Å²) in [6, 6.07) is 10.8. The van der Waals surface area contributed by atoms with Crippen molar-refractivity contribution < 1.29 is 13.2 Å². The van der Waals surface area contributed by atoms with Gasteiger partial charge < -0.3 is 4.74 Å². The average Bonchev–Trinajstić information content (AvgIpc) is 3.21. The largest absolute Gasteiger partial charge is 0.493 e. The second-order valence-corrected chi connectivity index (χ2v) is 8.16. The lowest BCUT2D eigenvalue weighted by Crippen LogP contribution is -2.31. The lowest BCUT2D eigenvalue weighted by atomic mass is 10.2. The summed E-state index contributed by atoms with van der Waals surface area (Å²) in [5.41, 5.74) is 0.919. The van der Waals surface area contributed by atoms with Gasteiger partial charge in [0.05, 0.1) is 17.6 Å². The van der Waals surface area contributed by atoms with Crippen LogP contribution in [-0.2, 0) is 23.0 Å². The quantitative estimate of drug-likeness (QED) is 0.805. The van der Waals surface area contributed by atoms with E-state index in [2.05, 4.69) is 0 Å². The summed E-state index contributed by atoms with van der Waals surface area (Å²) in [4.78, 5) is 1.22. The molecule has 7 heteroatoms. The van der Waals surface area contributed by atoms with E-state index in [0.717, 1.165) is 22.6 Å². The number of hydrogen-bond acceptors (Lipinski definition) is 5. The van der Waals surface area contributed by atoms with Crippen LogP contribution in [0.2, 0.25) is 0 Å². The van der Waals surface area contributed by atoms with Gasteiger partial charge in [-0.15, -0.1) is 11.3 Å². The molecule has 0 unspecified atom stereocenters. The summed E-state index contributed by atoms with van der Waals surface area (Å²) in [5, 5.41) is 10.7. The maximum Gasteiger partial charge on any atom is 0.243 e. The molecular formula is C16H16N2O3S2. The maximum absolute atomic E-state index is 12.9. The fourth-order valence-electron chi connectivity index (χ4n) is 2.51. The van der Waals surface area contributed by atoms with Crippen LogP contribution < -0.4 is 4.74 Å². The molecule has 120 valence electrons. The van der Waals surface area contributed by atoms with Crippen molar-refractivity contribution in [3.8, 4) is 11.8 Å². The molecule has 1 aliphatic rings. The number of ether oxygens (including phenoxy) is 1. The third kappa shape index (κ3) is 3.39. The number of thiophene rings is 1. The second kappa shape index (κ2) is 6.71. The Morgan fingerprint density at radius 3 is 2.96 bits per heavy atom. The smallest absolute Gasteiger partial charge is 0.243 e. The Morgan fingerprint density at radius 2 is 2.22 bits per heavy atom. The van der Waals surface area contributed by atoms with Crippen LogP contribution >= 0.6 is 11.3 Å². The van der Waals surface area contributed by atoms with Gasteiger partial charge in [0.2, 0.25) is 10.0 Å². The third-order valence-electron chi connectivity index (χ3n) is 3.68. The van der Waals surface area contributed by atoms with E-state index >= 15 is 0 Å². The van der Waals surface area contributed by atoms with E-state index in [-0.39, 0.29) is 24.4 Å². The molecule has 0 aliphatic carbocycles. The fourth-order valence-corrected chi connectivity index (χ4v) is 4.78. The van der Waals surface area contributed by atoms with Gasteiger partial charge in [-0.3, -0.25) is 0 Å². The van der Waals surface area contributed by atoms with E-state index in [1.54, 1.807) is 18.2 Å². The van der Waals surface area contributed by atoms with Crippen molar-refractivity contribution in [1.82, 2.24) is 4.31 Å². The van der Waals surface area contributed by atoms with Crippen molar-refractivity contribution in [1.29, 1.82) is 5.26 Å². The predicted octanol–water partition coefficient (Wildman–Crippen LogP) is 2.79. The van der Waals surface area contributed by atoms with Gasteiger partial charge >= 0.3 is 0 Å². The van der Waals surface area contributed by atoms with Crippen molar-refractivity contribution in [3.63, 3.8) is 0 Å². The summed E-state index contributed by atoms with van der Waals surface area (Å²) >= 11 is 1.51. The SMILES string of the molecule is N#CCCN(Cc1cccs1)S(=O)(=O)c1ccc2c(c1)CCO2. The molecule has 1 aliphatic heterocycles. The molecule has 0 atom stereocenters. The second-order valence-electron chi connectivity index (χ2n) is 5.19. The Hall–Kier alpha value is -1.88. The van der Waals surface area contributed by atoms with Gasteiger partial charge in [-0.05, 0) is 35.2 Å². The van der Waals surface area contributed by atoms with Crippen LogP contribution in [0.5, 0.6) is 5.75 Å². The summed E-state index contributed by atoms with van der Waals surface area (Å²) < 4.78 is 32.7. The number of sulfonamides is 1. The zero-order chi connectivity index (χ0) is 16.3. The molecule has 23 heavy (non-hydrogen) atoms. The van der Waals surface area contributed by atoms with Crippen LogP contribution in [-0.4, -0.2) is 25.9 Å². The first kappa shape index (κ1) is 16.0. The van der Waals surface area contributed by atoms with E-state index in [0.29, 0.717) is 6.61 Å². The first-order valence-corrected chi connectivity index (χ1v) is 9.58. The standard InChI is InChI=1S/C16H16N2O3S2/c17-7-2-8-18(12-14-3-1-10-22-14)23(19,20)15-4-5-16-13(11-15)6-9-21-16/h1,3-5,10-11H,2,6,8-9,12H2. The van der Waals surface area contributed by atoms with Crippen molar-refractivity contribution in [2.75, 3.05) is 13.2 Å². The minimum Gasteiger partial charge on any atom is -0.493 e. The van der Waals surface area contributed by atoms with Crippen molar-refractivity contribution in [2.45, 2.75) is 24.3 Å². The van der Waals surface area contributed by atoms with Gasteiger partial charge in [-0.2, -0.15) is 9.57 Å². The van der Waals surface area contributed by atoms with Gasteiger partial charge in [0.1, 0.15) is 5.75 Å². The summed E-state index contributed by atoms with van der Waals surface area (Å²) in [7, 11) is -3.64. The Labute approximate surface area is 139 Å². The highest BCUT2D eigenvalue weighted by atomic mass is 32.2. The van der Waals surface area contributed by atoms with Crippen LogP contribution in [0, 0.1) is 11.3 Å². The highest BCUT2D eigenvalue weighted by Crippen LogP contribution is 2.29. The molecule has 1 aromatic carbocycles. The van der Waals surface area contributed by atoms with Gasteiger partial charge in [-0.1, -0.05) is 6.07 Å². The molecule has 0 saturated carbocycles. The third-order valence-corrected chi connectivity index (χ3v) is 6.39. The number of rotatable bonds is 6. The lowest BCUT2D eigenvalue weighted by molar-refractivity contribution is 0.356. The molecule has 2 heterocycles. The molecule has 0 bridgehead atoms. The average molecular weight is 348 g/mol. The van der Waals surface area contributed by atoms with Crippen LogP contribution in [0.25, 0.3) is 0 Å². The highest BCUT2D eigenvalue weighted by molar-refractivity contribution is 7.89.